The zero-order valence-electron chi connectivity index (χ0n) is 11.9. The van der Waals surface area contributed by atoms with E-state index in [1.54, 1.807) is 0 Å². The maximum atomic E-state index is 2.43. The second-order valence-electron chi connectivity index (χ2n) is 6.57. The zero-order valence-corrected chi connectivity index (χ0v) is 11.9. The van der Waals surface area contributed by atoms with Gasteiger partial charge < -0.3 is 0 Å². The van der Waals surface area contributed by atoms with Crippen molar-refractivity contribution in [1.29, 1.82) is 0 Å². The fourth-order valence-corrected chi connectivity index (χ4v) is 2.34. The second kappa shape index (κ2) is 7.30. The van der Waals surface area contributed by atoms with Gasteiger partial charge in [0.25, 0.3) is 0 Å². The predicted molar refractivity (Wildman–Crippen MR) is 71.2 cm³/mol. The van der Waals surface area contributed by atoms with Gasteiger partial charge in [-0.25, -0.2) is 0 Å². The van der Waals surface area contributed by atoms with Crippen molar-refractivity contribution in [1.82, 2.24) is 0 Å². The highest BCUT2D eigenvalue weighted by Crippen LogP contribution is 2.30. The maximum Gasteiger partial charge on any atom is -0.0380 e. The number of hydrogen-bond donors (Lipinski definition) is 0. The highest BCUT2D eigenvalue weighted by Gasteiger charge is 2.19. The van der Waals surface area contributed by atoms with Gasteiger partial charge in [0.1, 0.15) is 0 Å². The average Bonchev–Trinajstić information content (AvgIpc) is 2.09. The van der Waals surface area contributed by atoms with Crippen LogP contribution in [0.15, 0.2) is 0 Å². The molecule has 92 valence electrons. The lowest BCUT2D eigenvalue weighted by Crippen LogP contribution is -2.16. The van der Waals surface area contributed by atoms with E-state index in [9.17, 15) is 0 Å². The van der Waals surface area contributed by atoms with E-state index in [1.165, 1.54) is 38.5 Å². The van der Waals surface area contributed by atoms with Gasteiger partial charge in [-0.2, -0.15) is 0 Å². The molecule has 0 aliphatic rings. The number of unbranched alkanes of at least 4 members (excludes halogenated alkanes) is 3. The minimum atomic E-state index is 0.497. The molecule has 0 saturated carbocycles. The summed E-state index contributed by atoms with van der Waals surface area (Å²) in [6, 6.07) is 0. The summed E-state index contributed by atoms with van der Waals surface area (Å²) in [6.07, 6.45) is 8.43. The van der Waals surface area contributed by atoms with Crippen molar-refractivity contribution < 1.29 is 0 Å². The van der Waals surface area contributed by atoms with Gasteiger partial charge in [-0.15, -0.1) is 0 Å². The van der Waals surface area contributed by atoms with E-state index in [0.717, 1.165) is 11.8 Å². The lowest BCUT2D eigenvalue weighted by molar-refractivity contribution is 0.237. The quantitative estimate of drug-likeness (QED) is 0.477. The molecular weight excluding hydrogens is 180 g/mol. The third-order valence-corrected chi connectivity index (χ3v) is 3.42. The fourth-order valence-electron chi connectivity index (χ4n) is 2.34. The molecule has 0 aromatic rings. The van der Waals surface area contributed by atoms with Crippen LogP contribution in [0.3, 0.4) is 0 Å². The summed E-state index contributed by atoms with van der Waals surface area (Å²) in [5.41, 5.74) is 0.497. The largest absolute Gasteiger partial charge is 0.0654 e. The summed E-state index contributed by atoms with van der Waals surface area (Å²) in [5, 5.41) is 0. The van der Waals surface area contributed by atoms with Crippen molar-refractivity contribution in [2.75, 3.05) is 0 Å². The van der Waals surface area contributed by atoms with Crippen LogP contribution in [0.5, 0.6) is 0 Å². The molecule has 0 amide bonds. The second-order valence-corrected chi connectivity index (χ2v) is 6.57. The van der Waals surface area contributed by atoms with Gasteiger partial charge in [-0.3, -0.25) is 0 Å². The van der Waals surface area contributed by atoms with Crippen LogP contribution in [-0.4, -0.2) is 0 Å². The maximum absolute atomic E-state index is 2.43. The van der Waals surface area contributed by atoms with Crippen molar-refractivity contribution in [2.24, 2.45) is 17.3 Å². The van der Waals surface area contributed by atoms with Crippen molar-refractivity contribution in [3.8, 4) is 0 Å². The molecule has 0 N–H and O–H groups in total. The van der Waals surface area contributed by atoms with Crippen LogP contribution in [0, 0.1) is 17.3 Å². The summed E-state index contributed by atoms with van der Waals surface area (Å²) in [5.74, 6) is 1.78. The highest BCUT2D eigenvalue weighted by atomic mass is 14.2. The lowest BCUT2D eigenvalue weighted by Gasteiger charge is -2.27. The molecule has 0 spiro atoms. The number of rotatable bonds is 7. The highest BCUT2D eigenvalue weighted by molar-refractivity contribution is 4.70. The van der Waals surface area contributed by atoms with Crippen molar-refractivity contribution in [2.45, 2.75) is 80.1 Å². The van der Waals surface area contributed by atoms with Gasteiger partial charge in [0.15, 0.2) is 0 Å². The van der Waals surface area contributed by atoms with E-state index in [1.807, 2.05) is 0 Å². The number of hydrogen-bond acceptors (Lipinski definition) is 0. The van der Waals surface area contributed by atoms with E-state index < -0.39 is 0 Å². The Labute approximate surface area is 97.8 Å². The average molecular weight is 212 g/mol. The van der Waals surface area contributed by atoms with Gasteiger partial charge in [0.05, 0.1) is 0 Å². The standard InChI is InChI=1S/C15H32/c1-7-8-9-10-11-13(2)14(3)12-15(4,5)6/h13-14H,7-12H2,1-6H3. The molecule has 0 aromatic heterocycles. The van der Waals surface area contributed by atoms with E-state index >= 15 is 0 Å². The Hall–Kier alpha value is 0. The molecule has 0 heteroatoms. The van der Waals surface area contributed by atoms with Crippen LogP contribution in [0.2, 0.25) is 0 Å². The van der Waals surface area contributed by atoms with Crippen LogP contribution in [0.25, 0.3) is 0 Å². The Morgan fingerprint density at radius 2 is 1.47 bits per heavy atom. The Bertz CT molecular complexity index is 141. The fraction of sp³-hybridized carbons (Fsp3) is 1.00. The van der Waals surface area contributed by atoms with Gasteiger partial charge >= 0.3 is 0 Å². The monoisotopic (exact) mass is 212 g/mol. The Morgan fingerprint density at radius 3 is 1.93 bits per heavy atom. The summed E-state index contributed by atoms with van der Waals surface area (Å²) in [7, 11) is 0. The molecule has 0 saturated heterocycles. The third kappa shape index (κ3) is 8.96. The Balaban J connectivity index is 3.65. The van der Waals surface area contributed by atoms with Crippen LogP contribution in [0.4, 0.5) is 0 Å². The molecule has 2 unspecified atom stereocenters. The first kappa shape index (κ1) is 15.0. The smallest absolute Gasteiger partial charge is 0.0380 e. The van der Waals surface area contributed by atoms with E-state index in [4.69, 9.17) is 0 Å². The summed E-state index contributed by atoms with van der Waals surface area (Å²) in [4.78, 5) is 0. The van der Waals surface area contributed by atoms with Gasteiger partial charge in [-0.05, 0) is 23.7 Å². The first-order chi connectivity index (χ1) is 6.87. The Kier molecular flexibility index (Phi) is 7.30. The van der Waals surface area contributed by atoms with E-state index in [2.05, 4.69) is 41.5 Å². The van der Waals surface area contributed by atoms with Crippen LogP contribution >= 0.6 is 0 Å². The van der Waals surface area contributed by atoms with Crippen molar-refractivity contribution >= 4 is 0 Å². The van der Waals surface area contributed by atoms with Crippen LogP contribution < -0.4 is 0 Å². The minimum Gasteiger partial charge on any atom is -0.0654 e. The molecule has 0 radical (unpaired) electrons. The molecule has 0 aliphatic carbocycles. The third-order valence-electron chi connectivity index (χ3n) is 3.42. The van der Waals surface area contributed by atoms with Crippen molar-refractivity contribution in [3.05, 3.63) is 0 Å². The molecular formula is C15H32. The van der Waals surface area contributed by atoms with E-state index in [0.29, 0.717) is 5.41 Å². The molecule has 0 nitrogen and oxygen atoms in total. The lowest BCUT2D eigenvalue weighted by atomic mass is 9.78. The summed E-state index contributed by atoms with van der Waals surface area (Å²) >= 11 is 0. The normalized spacial score (nSPS) is 16.4. The van der Waals surface area contributed by atoms with Gasteiger partial charge in [0, 0.05) is 0 Å². The minimum absolute atomic E-state index is 0.497. The first-order valence-corrected chi connectivity index (χ1v) is 6.87. The predicted octanol–water partition coefficient (Wildman–Crippen LogP) is 5.67. The summed E-state index contributed by atoms with van der Waals surface area (Å²) in [6.45, 7) is 14.2. The molecule has 15 heavy (non-hydrogen) atoms. The summed E-state index contributed by atoms with van der Waals surface area (Å²) < 4.78 is 0. The molecule has 0 aromatic carbocycles. The zero-order chi connectivity index (χ0) is 11.9. The van der Waals surface area contributed by atoms with Crippen molar-refractivity contribution in [3.63, 3.8) is 0 Å². The molecule has 0 rings (SSSR count). The topological polar surface area (TPSA) is 0 Å². The molecule has 0 fully saturated rings. The molecule has 2 atom stereocenters. The molecule has 0 bridgehead atoms. The molecule has 0 heterocycles. The SMILES string of the molecule is CCCCCCC(C)C(C)CC(C)(C)C. The Morgan fingerprint density at radius 1 is 0.867 bits per heavy atom. The van der Waals surface area contributed by atoms with Gasteiger partial charge in [0.2, 0.25) is 0 Å². The molecule has 0 aliphatic heterocycles. The van der Waals surface area contributed by atoms with Crippen LogP contribution in [0.1, 0.15) is 80.1 Å². The van der Waals surface area contributed by atoms with Crippen LogP contribution in [-0.2, 0) is 0 Å². The van der Waals surface area contributed by atoms with E-state index in [-0.39, 0.29) is 0 Å². The first-order valence-electron chi connectivity index (χ1n) is 6.87. The van der Waals surface area contributed by atoms with Gasteiger partial charge in [-0.1, -0.05) is 73.6 Å².